The lowest BCUT2D eigenvalue weighted by molar-refractivity contribution is -0.118. The largest absolute Gasteiger partial charge is 0.340 e. The number of nitrogens with one attached hydrogen (secondary N) is 2. The summed E-state index contributed by atoms with van der Waals surface area (Å²) in [5.74, 6) is -1.43. The van der Waals surface area contributed by atoms with E-state index in [1.54, 1.807) is 32.2 Å². The van der Waals surface area contributed by atoms with Gasteiger partial charge < -0.3 is 10.6 Å². The molecule has 0 radical (unpaired) electrons. The maximum atomic E-state index is 13.7. The number of benzene rings is 1. The zero-order chi connectivity index (χ0) is 17.7. The van der Waals surface area contributed by atoms with Crippen LogP contribution in [-0.2, 0) is 4.79 Å². The molecule has 1 aromatic heterocycles. The van der Waals surface area contributed by atoms with E-state index in [4.69, 9.17) is 0 Å². The topological polar surface area (TPSA) is 71.1 Å². The van der Waals surface area contributed by atoms with Crippen LogP contribution in [0.25, 0.3) is 0 Å². The van der Waals surface area contributed by atoms with Crippen molar-refractivity contribution in [1.82, 2.24) is 10.3 Å². The number of nitrogens with zero attached hydrogens (tertiary/aromatic N) is 1. The predicted octanol–water partition coefficient (Wildman–Crippen LogP) is 2.92. The van der Waals surface area contributed by atoms with Crippen LogP contribution in [0.1, 0.15) is 29.8 Å². The molecule has 2 rings (SSSR count). The number of aromatic nitrogens is 1. The molecule has 0 aliphatic rings. The van der Waals surface area contributed by atoms with E-state index < -0.39 is 23.7 Å². The molecule has 1 aromatic carbocycles. The van der Waals surface area contributed by atoms with Gasteiger partial charge in [0.15, 0.2) is 0 Å². The average Bonchev–Trinajstić information content (AvgIpc) is 2.54. The maximum absolute atomic E-state index is 13.7. The standard InChI is InChI=1S/C18H20FN3O2/c1-11(2)16(18(24)21-15-9-8-12(3)10-20-15)22-17(23)13-6-4-5-7-14(13)19/h4-11,16H,1-3H3,(H,22,23)(H,20,21,24)/t16-/m1/s1. The van der Waals surface area contributed by atoms with Crippen LogP contribution >= 0.6 is 0 Å². The second-order valence-corrected chi connectivity index (χ2v) is 5.89. The lowest BCUT2D eigenvalue weighted by atomic mass is 10.0. The number of carbonyl (C=O) groups excluding carboxylic acids is 2. The molecule has 2 aromatic rings. The van der Waals surface area contributed by atoms with Gasteiger partial charge in [-0.1, -0.05) is 32.0 Å². The van der Waals surface area contributed by atoms with Crippen molar-refractivity contribution in [3.05, 3.63) is 59.5 Å². The van der Waals surface area contributed by atoms with Gasteiger partial charge in [0.05, 0.1) is 5.56 Å². The molecule has 1 heterocycles. The number of aryl methyl sites for hydroxylation is 1. The smallest absolute Gasteiger partial charge is 0.254 e. The molecule has 1 atom stereocenters. The molecule has 0 spiro atoms. The van der Waals surface area contributed by atoms with Crippen LogP contribution in [-0.4, -0.2) is 22.8 Å². The summed E-state index contributed by atoms with van der Waals surface area (Å²) < 4.78 is 13.7. The Morgan fingerprint density at radius 2 is 1.83 bits per heavy atom. The van der Waals surface area contributed by atoms with E-state index >= 15 is 0 Å². The van der Waals surface area contributed by atoms with Gasteiger partial charge in [-0.25, -0.2) is 9.37 Å². The average molecular weight is 329 g/mol. The van der Waals surface area contributed by atoms with Gasteiger partial charge in [-0.2, -0.15) is 0 Å². The molecular formula is C18H20FN3O2. The summed E-state index contributed by atoms with van der Waals surface area (Å²) in [4.78, 5) is 28.8. The van der Waals surface area contributed by atoms with E-state index in [0.717, 1.165) is 5.56 Å². The molecule has 126 valence electrons. The van der Waals surface area contributed by atoms with Crippen LogP contribution in [0.4, 0.5) is 10.2 Å². The fourth-order valence-electron chi connectivity index (χ4n) is 2.15. The zero-order valence-corrected chi connectivity index (χ0v) is 13.8. The van der Waals surface area contributed by atoms with Crippen molar-refractivity contribution >= 4 is 17.6 Å². The molecule has 6 heteroatoms. The van der Waals surface area contributed by atoms with Crippen molar-refractivity contribution in [3.63, 3.8) is 0 Å². The van der Waals surface area contributed by atoms with Gasteiger partial charge >= 0.3 is 0 Å². The Hall–Kier alpha value is -2.76. The Balaban J connectivity index is 2.11. The highest BCUT2D eigenvalue weighted by Gasteiger charge is 2.26. The van der Waals surface area contributed by atoms with Crippen LogP contribution in [0.5, 0.6) is 0 Å². The van der Waals surface area contributed by atoms with E-state index in [9.17, 15) is 14.0 Å². The van der Waals surface area contributed by atoms with Crippen LogP contribution in [0.3, 0.4) is 0 Å². The fraction of sp³-hybridized carbons (Fsp3) is 0.278. The van der Waals surface area contributed by atoms with E-state index in [1.165, 1.54) is 18.2 Å². The van der Waals surface area contributed by atoms with Crippen LogP contribution in [0, 0.1) is 18.7 Å². The third-order valence-electron chi connectivity index (χ3n) is 3.52. The Labute approximate surface area is 140 Å². The summed E-state index contributed by atoms with van der Waals surface area (Å²) in [6.07, 6.45) is 1.64. The van der Waals surface area contributed by atoms with Gasteiger partial charge in [0.1, 0.15) is 17.7 Å². The third kappa shape index (κ3) is 4.38. The molecule has 0 unspecified atom stereocenters. The first-order chi connectivity index (χ1) is 11.4. The highest BCUT2D eigenvalue weighted by atomic mass is 19.1. The number of pyridine rings is 1. The van der Waals surface area contributed by atoms with Crippen molar-refractivity contribution < 1.29 is 14.0 Å². The fourth-order valence-corrected chi connectivity index (χ4v) is 2.15. The molecule has 5 nitrogen and oxygen atoms in total. The van der Waals surface area contributed by atoms with Gasteiger partial charge in [-0.15, -0.1) is 0 Å². The quantitative estimate of drug-likeness (QED) is 0.886. The Morgan fingerprint density at radius 3 is 2.42 bits per heavy atom. The minimum atomic E-state index is -0.805. The summed E-state index contributed by atoms with van der Waals surface area (Å²) >= 11 is 0. The first-order valence-corrected chi connectivity index (χ1v) is 7.67. The second kappa shape index (κ2) is 7.68. The maximum Gasteiger partial charge on any atom is 0.254 e. The van der Waals surface area contributed by atoms with Crippen LogP contribution in [0.15, 0.2) is 42.6 Å². The molecule has 0 bridgehead atoms. The van der Waals surface area contributed by atoms with Crippen molar-refractivity contribution in [2.24, 2.45) is 5.92 Å². The molecule has 0 aliphatic carbocycles. The van der Waals surface area contributed by atoms with Crippen LogP contribution in [0.2, 0.25) is 0 Å². The second-order valence-electron chi connectivity index (χ2n) is 5.89. The Bertz CT molecular complexity index is 729. The summed E-state index contributed by atoms with van der Waals surface area (Å²) in [6, 6.07) is 8.35. The van der Waals surface area contributed by atoms with Crippen molar-refractivity contribution in [2.45, 2.75) is 26.8 Å². The van der Waals surface area contributed by atoms with Crippen molar-refractivity contribution in [1.29, 1.82) is 0 Å². The number of rotatable bonds is 5. The normalized spacial score (nSPS) is 11.9. The number of amides is 2. The Kier molecular flexibility index (Phi) is 5.63. The molecule has 0 saturated heterocycles. The third-order valence-corrected chi connectivity index (χ3v) is 3.52. The lowest BCUT2D eigenvalue weighted by Crippen LogP contribution is -2.47. The zero-order valence-electron chi connectivity index (χ0n) is 13.8. The monoisotopic (exact) mass is 329 g/mol. The highest BCUT2D eigenvalue weighted by Crippen LogP contribution is 2.11. The SMILES string of the molecule is Cc1ccc(NC(=O)[C@H](NC(=O)c2ccccc2F)C(C)C)nc1. The summed E-state index contributed by atoms with van der Waals surface area (Å²) in [7, 11) is 0. The van der Waals surface area contributed by atoms with Gasteiger partial charge in [-0.3, -0.25) is 9.59 Å². The summed E-state index contributed by atoms with van der Waals surface area (Å²) in [6.45, 7) is 5.49. The lowest BCUT2D eigenvalue weighted by Gasteiger charge is -2.21. The van der Waals surface area contributed by atoms with E-state index in [1.807, 2.05) is 13.0 Å². The van der Waals surface area contributed by atoms with Crippen LogP contribution < -0.4 is 10.6 Å². The molecule has 24 heavy (non-hydrogen) atoms. The molecular weight excluding hydrogens is 309 g/mol. The van der Waals surface area contributed by atoms with E-state index in [-0.39, 0.29) is 11.5 Å². The number of carbonyl (C=O) groups is 2. The Morgan fingerprint density at radius 1 is 1.12 bits per heavy atom. The first-order valence-electron chi connectivity index (χ1n) is 7.67. The number of halogens is 1. The van der Waals surface area contributed by atoms with E-state index in [0.29, 0.717) is 5.82 Å². The predicted molar refractivity (Wildman–Crippen MR) is 90.1 cm³/mol. The van der Waals surface area contributed by atoms with Gasteiger partial charge in [0.2, 0.25) is 5.91 Å². The number of hydrogen-bond acceptors (Lipinski definition) is 3. The minimum Gasteiger partial charge on any atom is -0.340 e. The number of hydrogen-bond donors (Lipinski definition) is 2. The van der Waals surface area contributed by atoms with Crippen molar-refractivity contribution in [3.8, 4) is 0 Å². The highest BCUT2D eigenvalue weighted by molar-refractivity contribution is 6.01. The first kappa shape index (κ1) is 17.6. The molecule has 2 N–H and O–H groups in total. The molecule has 0 aliphatic heterocycles. The molecule has 0 saturated carbocycles. The van der Waals surface area contributed by atoms with Crippen molar-refractivity contribution in [2.75, 3.05) is 5.32 Å². The number of anilines is 1. The molecule has 2 amide bonds. The van der Waals surface area contributed by atoms with Gasteiger partial charge in [0.25, 0.3) is 5.91 Å². The summed E-state index contributed by atoms with van der Waals surface area (Å²) in [5, 5.41) is 5.25. The summed E-state index contributed by atoms with van der Waals surface area (Å²) in [5.41, 5.74) is 0.880. The minimum absolute atomic E-state index is 0.0931. The van der Waals surface area contributed by atoms with E-state index in [2.05, 4.69) is 15.6 Å². The molecule has 0 fully saturated rings. The van der Waals surface area contributed by atoms with Gasteiger partial charge in [0, 0.05) is 6.20 Å². The van der Waals surface area contributed by atoms with Gasteiger partial charge in [-0.05, 0) is 36.6 Å².